The van der Waals surface area contributed by atoms with E-state index in [-0.39, 0.29) is 24.4 Å². The van der Waals surface area contributed by atoms with Gasteiger partial charge >= 0.3 is 0 Å². The van der Waals surface area contributed by atoms with Crippen LogP contribution in [-0.2, 0) is 14.3 Å². The first kappa shape index (κ1) is 12.2. The summed E-state index contributed by atoms with van der Waals surface area (Å²) in [6.45, 7) is 2.18. The van der Waals surface area contributed by atoms with Crippen molar-refractivity contribution in [2.75, 3.05) is 19.8 Å². The van der Waals surface area contributed by atoms with Gasteiger partial charge in [-0.15, -0.1) is 0 Å². The highest BCUT2D eigenvalue weighted by Crippen LogP contribution is 1.90. The van der Waals surface area contributed by atoms with E-state index in [9.17, 15) is 9.59 Å². The molecule has 3 N–H and O–H groups in total. The lowest BCUT2D eigenvalue weighted by Crippen LogP contribution is -2.33. The molecule has 0 rings (SSSR count). The van der Waals surface area contributed by atoms with Crippen LogP contribution in [0.1, 0.15) is 6.92 Å². The van der Waals surface area contributed by atoms with Gasteiger partial charge in [0.1, 0.15) is 6.61 Å². The second-order valence-corrected chi connectivity index (χ2v) is 3.26. The zero-order chi connectivity index (χ0) is 10.3. The van der Waals surface area contributed by atoms with Crippen LogP contribution in [0.25, 0.3) is 0 Å². The molecule has 0 bridgehead atoms. The Morgan fingerprint density at radius 2 is 2.23 bits per heavy atom. The fourth-order valence-electron chi connectivity index (χ4n) is 0.567. The second kappa shape index (κ2) is 6.73. The highest BCUT2D eigenvalue weighted by atomic mass is 32.1. The maximum atomic E-state index is 10.9. The molecule has 0 aliphatic carbocycles. The maximum Gasteiger partial charge on any atom is 0.243 e. The van der Waals surface area contributed by atoms with Crippen LogP contribution in [0.5, 0.6) is 0 Å². The van der Waals surface area contributed by atoms with Gasteiger partial charge in [0.2, 0.25) is 11.8 Å². The van der Waals surface area contributed by atoms with E-state index in [0.717, 1.165) is 0 Å². The lowest BCUT2D eigenvalue weighted by molar-refractivity contribution is -0.122. The molecule has 1 atom stereocenters. The Kier molecular flexibility index (Phi) is 6.34. The van der Waals surface area contributed by atoms with Crippen LogP contribution < -0.4 is 11.1 Å². The quantitative estimate of drug-likeness (QED) is 0.382. The summed E-state index contributed by atoms with van der Waals surface area (Å²) >= 11 is 3.92. The average molecular weight is 206 g/mol. The van der Waals surface area contributed by atoms with Gasteiger partial charge in [-0.3, -0.25) is 9.59 Å². The van der Waals surface area contributed by atoms with Gasteiger partial charge in [0, 0.05) is 6.54 Å². The first-order valence-corrected chi connectivity index (χ1v) is 4.37. The minimum atomic E-state index is -0.520. The summed E-state index contributed by atoms with van der Waals surface area (Å²) in [4.78, 5) is 21.1. The Morgan fingerprint density at radius 3 is 2.69 bits per heavy atom. The lowest BCUT2D eigenvalue weighted by atomic mass is 10.4. The summed E-state index contributed by atoms with van der Waals surface area (Å²) in [5.74, 6) is -0.681. The van der Waals surface area contributed by atoms with Crippen molar-refractivity contribution >= 4 is 24.4 Å². The zero-order valence-electron chi connectivity index (χ0n) is 7.45. The summed E-state index contributed by atoms with van der Waals surface area (Å²) < 4.78 is 4.81. The average Bonchev–Trinajstić information content (AvgIpc) is 2.02. The predicted molar refractivity (Wildman–Crippen MR) is 51.5 cm³/mol. The van der Waals surface area contributed by atoms with Crippen LogP contribution >= 0.6 is 12.6 Å². The molecule has 13 heavy (non-hydrogen) atoms. The molecule has 0 aromatic heterocycles. The van der Waals surface area contributed by atoms with Gasteiger partial charge in [-0.25, -0.2) is 0 Å². The SMILES string of the molecule is CC(S)C(=O)NCCOCC(N)=O. The number of hydrogen-bond acceptors (Lipinski definition) is 4. The van der Waals surface area contributed by atoms with Gasteiger partial charge in [-0.1, -0.05) is 0 Å². The maximum absolute atomic E-state index is 10.9. The number of amides is 2. The number of primary amides is 1. The van der Waals surface area contributed by atoms with Crippen molar-refractivity contribution in [3.8, 4) is 0 Å². The minimum absolute atomic E-state index is 0.119. The van der Waals surface area contributed by atoms with Gasteiger partial charge in [-0.2, -0.15) is 12.6 Å². The second-order valence-electron chi connectivity index (χ2n) is 2.49. The monoisotopic (exact) mass is 206 g/mol. The van der Waals surface area contributed by atoms with Crippen LogP contribution in [0.15, 0.2) is 0 Å². The Hall–Kier alpha value is -0.750. The summed E-state index contributed by atoms with van der Waals surface area (Å²) in [7, 11) is 0. The number of carbonyl (C=O) groups excluding carboxylic acids is 2. The summed E-state index contributed by atoms with van der Waals surface area (Å²) in [6.07, 6.45) is 0. The standard InChI is InChI=1S/C7H14N2O3S/c1-5(13)7(11)9-2-3-12-4-6(8)10/h5,13H,2-4H2,1H3,(H2,8,10)(H,9,11). The smallest absolute Gasteiger partial charge is 0.243 e. The van der Waals surface area contributed by atoms with Crippen LogP contribution in [0.3, 0.4) is 0 Å². The van der Waals surface area contributed by atoms with Crippen molar-refractivity contribution in [1.29, 1.82) is 0 Å². The van der Waals surface area contributed by atoms with E-state index in [1.165, 1.54) is 0 Å². The van der Waals surface area contributed by atoms with E-state index in [4.69, 9.17) is 10.5 Å². The molecule has 6 heteroatoms. The normalized spacial score (nSPS) is 12.2. The van der Waals surface area contributed by atoms with Crippen LogP contribution in [-0.4, -0.2) is 36.8 Å². The Balaban J connectivity index is 3.26. The van der Waals surface area contributed by atoms with Gasteiger partial charge < -0.3 is 15.8 Å². The van der Waals surface area contributed by atoms with E-state index < -0.39 is 5.91 Å². The molecule has 5 nitrogen and oxygen atoms in total. The summed E-state index contributed by atoms with van der Waals surface area (Å²) in [5.41, 5.74) is 4.82. The Labute approximate surface area is 82.4 Å². The van der Waals surface area contributed by atoms with Crippen LogP contribution in [0, 0.1) is 0 Å². The van der Waals surface area contributed by atoms with Crippen molar-refractivity contribution in [2.24, 2.45) is 5.73 Å². The lowest BCUT2D eigenvalue weighted by Gasteiger charge is -2.06. The molecular weight excluding hydrogens is 192 g/mol. The van der Waals surface area contributed by atoms with Gasteiger partial charge in [0.05, 0.1) is 11.9 Å². The number of carbonyl (C=O) groups is 2. The van der Waals surface area contributed by atoms with Crippen LogP contribution in [0.2, 0.25) is 0 Å². The fourth-order valence-corrected chi connectivity index (χ4v) is 0.658. The summed E-state index contributed by atoms with van der Waals surface area (Å²) in [5, 5.41) is 2.23. The third-order valence-electron chi connectivity index (χ3n) is 1.17. The van der Waals surface area contributed by atoms with Gasteiger partial charge in [0.25, 0.3) is 0 Å². The van der Waals surface area contributed by atoms with E-state index in [2.05, 4.69) is 17.9 Å². The number of hydrogen-bond donors (Lipinski definition) is 3. The fraction of sp³-hybridized carbons (Fsp3) is 0.714. The molecule has 76 valence electrons. The molecular formula is C7H14N2O3S. The highest BCUT2D eigenvalue weighted by Gasteiger charge is 2.05. The van der Waals surface area contributed by atoms with Gasteiger partial charge in [-0.05, 0) is 6.92 Å². The molecule has 0 radical (unpaired) electrons. The first-order valence-electron chi connectivity index (χ1n) is 3.86. The molecule has 0 aromatic rings. The molecule has 0 heterocycles. The molecule has 0 aromatic carbocycles. The Bertz CT molecular complexity index is 185. The summed E-state index contributed by atoms with van der Waals surface area (Å²) in [6, 6.07) is 0. The molecule has 1 unspecified atom stereocenters. The first-order chi connectivity index (χ1) is 6.04. The van der Waals surface area contributed by atoms with Gasteiger partial charge in [0.15, 0.2) is 0 Å². The van der Waals surface area contributed by atoms with Crippen molar-refractivity contribution in [1.82, 2.24) is 5.32 Å². The van der Waals surface area contributed by atoms with E-state index in [1.54, 1.807) is 6.92 Å². The molecule has 0 fully saturated rings. The molecule has 2 amide bonds. The number of nitrogens with two attached hydrogens (primary N) is 1. The number of thiol groups is 1. The Morgan fingerprint density at radius 1 is 1.62 bits per heavy atom. The molecule has 0 saturated carbocycles. The third kappa shape index (κ3) is 7.61. The molecule has 0 aliphatic heterocycles. The topological polar surface area (TPSA) is 81.4 Å². The van der Waals surface area contributed by atoms with Crippen molar-refractivity contribution in [3.63, 3.8) is 0 Å². The number of rotatable bonds is 6. The van der Waals surface area contributed by atoms with E-state index >= 15 is 0 Å². The van der Waals surface area contributed by atoms with Crippen molar-refractivity contribution in [3.05, 3.63) is 0 Å². The van der Waals surface area contributed by atoms with E-state index in [0.29, 0.717) is 6.54 Å². The number of ether oxygens (including phenoxy) is 1. The minimum Gasteiger partial charge on any atom is -0.370 e. The van der Waals surface area contributed by atoms with Crippen LogP contribution in [0.4, 0.5) is 0 Å². The predicted octanol–water partition coefficient (Wildman–Crippen LogP) is -1.08. The third-order valence-corrected chi connectivity index (χ3v) is 1.40. The number of nitrogens with one attached hydrogen (secondary N) is 1. The van der Waals surface area contributed by atoms with Crippen molar-refractivity contribution in [2.45, 2.75) is 12.2 Å². The highest BCUT2D eigenvalue weighted by molar-refractivity contribution is 7.81. The van der Waals surface area contributed by atoms with E-state index in [1.807, 2.05) is 0 Å². The molecule has 0 aliphatic rings. The van der Waals surface area contributed by atoms with Crippen molar-refractivity contribution < 1.29 is 14.3 Å². The largest absolute Gasteiger partial charge is 0.370 e. The molecule has 0 saturated heterocycles. The zero-order valence-corrected chi connectivity index (χ0v) is 8.34. The molecule has 0 spiro atoms.